The number of imidazole rings is 1. The lowest BCUT2D eigenvalue weighted by Crippen LogP contribution is -2.22. The van der Waals surface area contributed by atoms with E-state index in [2.05, 4.69) is 17.1 Å². The number of nitrogens with zero attached hydrogens (tertiary/aromatic N) is 4. The maximum atomic E-state index is 13.8. The lowest BCUT2D eigenvalue weighted by Gasteiger charge is -2.14. The van der Waals surface area contributed by atoms with Crippen molar-refractivity contribution >= 4 is 22.8 Å². The van der Waals surface area contributed by atoms with Crippen LogP contribution in [0.2, 0.25) is 5.02 Å². The fraction of sp³-hybridized carbons (Fsp3) is 0. The van der Waals surface area contributed by atoms with Crippen molar-refractivity contribution in [2.75, 3.05) is 0 Å². The second-order valence-corrected chi connectivity index (χ2v) is 8.55. The third-order valence-electron chi connectivity index (χ3n) is 5.94. The van der Waals surface area contributed by atoms with E-state index >= 15 is 0 Å². The van der Waals surface area contributed by atoms with Crippen molar-refractivity contribution < 1.29 is 0 Å². The van der Waals surface area contributed by atoms with Crippen LogP contribution in [0.1, 0.15) is 0 Å². The van der Waals surface area contributed by atoms with Gasteiger partial charge in [0.2, 0.25) is 0 Å². The van der Waals surface area contributed by atoms with Gasteiger partial charge in [0.05, 0.1) is 5.69 Å². The van der Waals surface area contributed by atoms with E-state index in [0.717, 1.165) is 22.4 Å². The molecule has 35 heavy (non-hydrogen) atoms. The predicted molar refractivity (Wildman–Crippen MR) is 140 cm³/mol. The summed E-state index contributed by atoms with van der Waals surface area (Å²) in [5.74, 6) is 0.530. The highest BCUT2D eigenvalue weighted by molar-refractivity contribution is 6.30. The zero-order chi connectivity index (χ0) is 23.8. The van der Waals surface area contributed by atoms with Crippen LogP contribution >= 0.6 is 11.6 Å². The first-order valence-electron chi connectivity index (χ1n) is 11.2. The molecule has 168 valence electrons. The second kappa shape index (κ2) is 8.70. The Morgan fingerprint density at radius 1 is 0.629 bits per heavy atom. The van der Waals surface area contributed by atoms with Gasteiger partial charge in [-0.2, -0.15) is 0 Å². The van der Waals surface area contributed by atoms with E-state index in [1.54, 1.807) is 23.0 Å². The topological polar surface area (TPSA) is 52.7 Å². The first kappa shape index (κ1) is 21.1. The first-order chi connectivity index (χ1) is 17.2. The number of hydrogen-bond donors (Lipinski definition) is 0. The van der Waals surface area contributed by atoms with Gasteiger partial charge in [0.15, 0.2) is 11.2 Å². The molecule has 0 saturated heterocycles. The second-order valence-electron chi connectivity index (χ2n) is 8.12. The molecule has 0 aliphatic carbocycles. The Balaban J connectivity index is 1.59. The Bertz CT molecular complexity index is 1690. The van der Waals surface area contributed by atoms with E-state index in [1.165, 1.54) is 0 Å². The summed E-state index contributed by atoms with van der Waals surface area (Å²) in [6.07, 6.45) is 1.64. The number of hydrogen-bond acceptors (Lipinski definition) is 3. The van der Waals surface area contributed by atoms with Crippen LogP contribution in [0, 0.1) is 0 Å². The van der Waals surface area contributed by atoms with Gasteiger partial charge in [-0.05, 0) is 47.5 Å². The summed E-state index contributed by atoms with van der Waals surface area (Å²) in [4.78, 5) is 23.2. The number of rotatable bonds is 4. The van der Waals surface area contributed by atoms with Crippen LogP contribution < -0.4 is 5.56 Å². The third kappa shape index (κ3) is 3.82. The summed E-state index contributed by atoms with van der Waals surface area (Å²) in [6.45, 7) is 0. The molecule has 0 aliphatic rings. The first-order valence-corrected chi connectivity index (χ1v) is 11.5. The van der Waals surface area contributed by atoms with Gasteiger partial charge >= 0.3 is 0 Å². The van der Waals surface area contributed by atoms with Gasteiger partial charge in [-0.1, -0.05) is 84.4 Å². The van der Waals surface area contributed by atoms with Crippen LogP contribution in [-0.2, 0) is 0 Å². The van der Waals surface area contributed by atoms with E-state index in [-0.39, 0.29) is 5.56 Å². The van der Waals surface area contributed by atoms with E-state index < -0.39 is 0 Å². The molecule has 0 spiro atoms. The Morgan fingerprint density at radius 2 is 1.23 bits per heavy atom. The number of para-hydroxylation sites is 1. The largest absolute Gasteiger partial charge is 0.286 e. The van der Waals surface area contributed by atoms with Crippen LogP contribution in [0.15, 0.2) is 120 Å². The molecule has 0 radical (unpaired) electrons. The highest BCUT2D eigenvalue weighted by Gasteiger charge is 2.19. The summed E-state index contributed by atoms with van der Waals surface area (Å²) in [5, 5.41) is 0.595. The number of aromatic nitrogens is 4. The molecule has 0 bridgehead atoms. The van der Waals surface area contributed by atoms with Crippen molar-refractivity contribution in [3.63, 3.8) is 0 Å². The van der Waals surface area contributed by atoms with Gasteiger partial charge in [0.1, 0.15) is 12.2 Å². The Morgan fingerprint density at radius 3 is 1.91 bits per heavy atom. The Kier molecular flexibility index (Phi) is 5.24. The lowest BCUT2D eigenvalue weighted by atomic mass is 10.0. The number of fused-ring (bicyclic) bond motifs is 1. The lowest BCUT2D eigenvalue weighted by molar-refractivity contribution is 0.962. The van der Waals surface area contributed by atoms with Crippen molar-refractivity contribution in [1.29, 1.82) is 0 Å². The van der Waals surface area contributed by atoms with E-state index in [9.17, 15) is 4.79 Å². The highest BCUT2D eigenvalue weighted by Crippen LogP contribution is 2.27. The molecule has 4 aromatic carbocycles. The normalized spacial score (nSPS) is 11.1. The molecular formula is C29H19ClN4O. The van der Waals surface area contributed by atoms with Crippen molar-refractivity contribution in [3.8, 4) is 33.9 Å². The minimum absolute atomic E-state index is 0.242. The molecule has 5 nitrogen and oxygen atoms in total. The van der Waals surface area contributed by atoms with E-state index in [1.807, 2.05) is 89.5 Å². The molecule has 0 atom stereocenters. The van der Waals surface area contributed by atoms with E-state index in [4.69, 9.17) is 16.6 Å². The Hall–Kier alpha value is -4.48. The van der Waals surface area contributed by atoms with Crippen molar-refractivity contribution in [2.45, 2.75) is 0 Å². The molecule has 0 N–H and O–H groups in total. The molecule has 6 rings (SSSR count). The monoisotopic (exact) mass is 474 g/mol. The third-order valence-corrected chi connectivity index (χ3v) is 6.19. The number of halogens is 1. The summed E-state index contributed by atoms with van der Waals surface area (Å²) in [5.41, 5.74) is 5.15. The van der Waals surface area contributed by atoms with Crippen LogP contribution in [0.3, 0.4) is 0 Å². The minimum Gasteiger partial charge on any atom is -0.283 e. The molecule has 0 aliphatic heterocycles. The molecule has 2 heterocycles. The van der Waals surface area contributed by atoms with Crippen molar-refractivity contribution in [1.82, 2.24) is 19.1 Å². The summed E-state index contributed by atoms with van der Waals surface area (Å²) in [7, 11) is 0. The Labute approximate surface area is 206 Å². The standard InChI is InChI=1S/C29H19ClN4O/c30-23-15-17-25(18-16-23)34-27(22-13-11-21(12-14-22)20-7-3-1-4-8-20)32-28-26(29(34)35)31-19-33(28)24-9-5-2-6-10-24/h1-19H. The fourth-order valence-corrected chi connectivity index (χ4v) is 4.32. The molecule has 6 aromatic rings. The van der Waals surface area contributed by atoms with Gasteiger partial charge in [-0.15, -0.1) is 0 Å². The average Bonchev–Trinajstić information content (AvgIpc) is 3.35. The molecule has 0 fully saturated rings. The van der Waals surface area contributed by atoms with Crippen LogP contribution in [0.5, 0.6) is 0 Å². The SMILES string of the molecule is O=c1c2ncn(-c3ccccc3)c2nc(-c2ccc(-c3ccccc3)cc2)n1-c1ccc(Cl)cc1. The predicted octanol–water partition coefficient (Wildman–Crippen LogP) is 6.56. The number of benzene rings is 4. The molecule has 2 aromatic heterocycles. The summed E-state index contributed by atoms with van der Waals surface area (Å²) in [6, 6.07) is 35.1. The zero-order valence-corrected chi connectivity index (χ0v) is 19.3. The molecular weight excluding hydrogens is 456 g/mol. The quantitative estimate of drug-likeness (QED) is 0.291. The van der Waals surface area contributed by atoms with E-state index in [0.29, 0.717) is 27.7 Å². The maximum absolute atomic E-state index is 13.8. The van der Waals surface area contributed by atoms with Crippen molar-refractivity contribution in [3.05, 3.63) is 131 Å². The van der Waals surface area contributed by atoms with Gasteiger partial charge in [0.25, 0.3) is 5.56 Å². The molecule has 0 unspecified atom stereocenters. The summed E-state index contributed by atoms with van der Waals surface area (Å²) >= 11 is 6.12. The molecule has 0 saturated carbocycles. The highest BCUT2D eigenvalue weighted by atomic mass is 35.5. The van der Waals surface area contributed by atoms with Crippen molar-refractivity contribution in [2.24, 2.45) is 0 Å². The van der Waals surface area contributed by atoms with Gasteiger partial charge < -0.3 is 0 Å². The molecule has 0 amide bonds. The average molecular weight is 475 g/mol. The minimum atomic E-state index is -0.242. The van der Waals surface area contributed by atoms with Crippen LogP contribution in [0.25, 0.3) is 45.1 Å². The van der Waals surface area contributed by atoms with Crippen LogP contribution in [0.4, 0.5) is 0 Å². The van der Waals surface area contributed by atoms with Gasteiger partial charge in [-0.3, -0.25) is 13.9 Å². The smallest absolute Gasteiger partial charge is 0.283 e. The fourth-order valence-electron chi connectivity index (χ4n) is 4.20. The zero-order valence-electron chi connectivity index (χ0n) is 18.5. The van der Waals surface area contributed by atoms with Crippen LogP contribution in [-0.4, -0.2) is 19.1 Å². The van der Waals surface area contributed by atoms with Gasteiger partial charge in [0, 0.05) is 16.3 Å². The maximum Gasteiger partial charge on any atom is 0.286 e. The molecule has 6 heteroatoms. The van der Waals surface area contributed by atoms with Gasteiger partial charge in [-0.25, -0.2) is 9.97 Å². The summed E-state index contributed by atoms with van der Waals surface area (Å²) < 4.78 is 3.43.